The number of aryl methyl sites for hydroxylation is 1. The molecule has 4 aromatic rings. The third-order valence-corrected chi connectivity index (χ3v) is 9.20. The molecule has 0 unspecified atom stereocenters. The molecule has 2 fully saturated rings. The van der Waals surface area contributed by atoms with Crippen LogP contribution in [0.25, 0.3) is 17.0 Å². The Kier molecular flexibility index (Phi) is 7.57. The number of amidine groups is 1. The minimum Gasteiger partial charge on any atom is -0.342 e. The highest BCUT2D eigenvalue weighted by Gasteiger charge is 2.38. The molecule has 198 valence electrons. The predicted octanol–water partition coefficient (Wildman–Crippen LogP) is 9.24. The first-order valence-electron chi connectivity index (χ1n) is 13.4. The lowest BCUT2D eigenvalue weighted by Crippen LogP contribution is -2.40. The number of rotatable bonds is 5. The van der Waals surface area contributed by atoms with Crippen molar-refractivity contribution in [3.63, 3.8) is 0 Å². The normalized spacial score (nSPS) is 18.6. The highest BCUT2D eigenvalue weighted by Crippen LogP contribution is 2.39. The van der Waals surface area contributed by atoms with Crippen LogP contribution >= 0.6 is 35.0 Å². The standard InChI is InChI=1S/C32H29Cl2N3OS/c1-21-11-14-24(15-12-21)35-32-37(25-7-3-2-4-8-25)31(38)30(39-32)18-23-20-36(29-10-6-5-9-26(23)29)19-22-13-16-27(33)28(34)17-22/h5-6,9-18,20,25H,2-4,7-8,19H2,1H3/b30-18+,35-32?. The fourth-order valence-corrected chi connectivity index (χ4v) is 6.82. The molecular formula is C32H29Cl2N3OS. The van der Waals surface area contributed by atoms with Gasteiger partial charge in [0.25, 0.3) is 5.91 Å². The number of aromatic nitrogens is 1. The number of hydrogen-bond donors (Lipinski definition) is 0. The molecule has 1 aliphatic heterocycles. The Bertz CT molecular complexity index is 1600. The summed E-state index contributed by atoms with van der Waals surface area (Å²) in [5, 5.41) is 2.97. The minimum absolute atomic E-state index is 0.0547. The van der Waals surface area contributed by atoms with Crippen LogP contribution < -0.4 is 0 Å². The predicted molar refractivity (Wildman–Crippen MR) is 165 cm³/mol. The third-order valence-electron chi connectivity index (χ3n) is 7.48. The van der Waals surface area contributed by atoms with E-state index in [1.54, 1.807) is 0 Å². The molecule has 1 saturated carbocycles. The van der Waals surface area contributed by atoms with Crippen molar-refractivity contribution < 1.29 is 4.79 Å². The van der Waals surface area contributed by atoms with Crippen LogP contribution in [0.1, 0.15) is 48.8 Å². The zero-order chi connectivity index (χ0) is 26.9. The van der Waals surface area contributed by atoms with Crippen molar-refractivity contribution in [3.8, 4) is 0 Å². The summed E-state index contributed by atoms with van der Waals surface area (Å²) < 4.78 is 2.20. The van der Waals surface area contributed by atoms with Crippen LogP contribution in [0.3, 0.4) is 0 Å². The second-order valence-corrected chi connectivity index (χ2v) is 12.1. The smallest absolute Gasteiger partial charge is 0.267 e. The quantitative estimate of drug-likeness (QED) is 0.223. The molecule has 4 nitrogen and oxygen atoms in total. The number of nitrogens with zero attached hydrogens (tertiary/aromatic N) is 3. The molecule has 0 radical (unpaired) electrons. The first kappa shape index (κ1) is 26.2. The van der Waals surface area contributed by atoms with E-state index in [1.807, 2.05) is 53.4 Å². The Morgan fingerprint density at radius 2 is 1.74 bits per heavy atom. The number of amides is 1. The number of fused-ring (bicyclic) bond motifs is 1. The van der Waals surface area contributed by atoms with Crippen molar-refractivity contribution in [1.29, 1.82) is 0 Å². The van der Waals surface area contributed by atoms with Gasteiger partial charge in [0.15, 0.2) is 5.17 Å². The van der Waals surface area contributed by atoms with Gasteiger partial charge in [0, 0.05) is 35.2 Å². The van der Waals surface area contributed by atoms with E-state index in [2.05, 4.69) is 42.0 Å². The average Bonchev–Trinajstić information content (AvgIpc) is 3.44. The molecule has 39 heavy (non-hydrogen) atoms. The van der Waals surface area contributed by atoms with Crippen molar-refractivity contribution in [2.45, 2.75) is 51.6 Å². The number of benzene rings is 3. The molecule has 0 N–H and O–H groups in total. The number of hydrogen-bond acceptors (Lipinski definition) is 3. The molecule has 2 aliphatic rings. The van der Waals surface area contributed by atoms with Gasteiger partial charge < -0.3 is 4.57 Å². The summed E-state index contributed by atoms with van der Waals surface area (Å²) in [6.45, 7) is 2.72. The van der Waals surface area contributed by atoms with Crippen LogP contribution in [0.4, 0.5) is 5.69 Å². The second-order valence-electron chi connectivity index (χ2n) is 10.3. The lowest BCUT2D eigenvalue weighted by Gasteiger charge is -2.30. The summed E-state index contributed by atoms with van der Waals surface area (Å²) >= 11 is 13.9. The molecule has 0 atom stereocenters. The van der Waals surface area contributed by atoms with Gasteiger partial charge in [-0.1, -0.05) is 84.4 Å². The van der Waals surface area contributed by atoms with Crippen LogP contribution in [-0.2, 0) is 11.3 Å². The Hall–Kier alpha value is -2.99. The van der Waals surface area contributed by atoms with E-state index in [4.69, 9.17) is 28.2 Å². The van der Waals surface area contributed by atoms with Gasteiger partial charge in [-0.15, -0.1) is 0 Å². The Labute approximate surface area is 243 Å². The number of halogens is 2. The zero-order valence-corrected chi connectivity index (χ0v) is 24.1. The monoisotopic (exact) mass is 573 g/mol. The molecule has 1 aromatic heterocycles. The highest BCUT2D eigenvalue weighted by atomic mass is 35.5. The molecular weight excluding hydrogens is 545 g/mol. The summed E-state index contributed by atoms with van der Waals surface area (Å²) in [6.07, 6.45) is 9.74. The van der Waals surface area contributed by atoms with Crippen LogP contribution in [0.2, 0.25) is 10.0 Å². The molecule has 3 aromatic carbocycles. The average molecular weight is 575 g/mol. The Balaban J connectivity index is 1.38. The second kappa shape index (κ2) is 11.2. The maximum atomic E-state index is 13.9. The zero-order valence-electron chi connectivity index (χ0n) is 21.7. The van der Waals surface area contributed by atoms with E-state index >= 15 is 0 Å². The van der Waals surface area contributed by atoms with Crippen molar-refractivity contribution in [2.75, 3.05) is 0 Å². The van der Waals surface area contributed by atoms with Gasteiger partial charge in [-0.05, 0) is 73.5 Å². The molecule has 6 rings (SSSR count). The van der Waals surface area contributed by atoms with Crippen LogP contribution in [-0.4, -0.2) is 26.6 Å². The van der Waals surface area contributed by atoms with Crippen LogP contribution in [0, 0.1) is 6.92 Å². The first-order chi connectivity index (χ1) is 19.0. The van der Waals surface area contributed by atoms with E-state index in [-0.39, 0.29) is 11.9 Å². The summed E-state index contributed by atoms with van der Waals surface area (Å²) in [4.78, 5) is 21.5. The number of carbonyl (C=O) groups is 1. The first-order valence-corrected chi connectivity index (χ1v) is 14.9. The minimum atomic E-state index is 0.0547. The van der Waals surface area contributed by atoms with Gasteiger partial charge in [-0.2, -0.15) is 0 Å². The summed E-state index contributed by atoms with van der Waals surface area (Å²) in [5.41, 5.74) is 5.24. The van der Waals surface area contributed by atoms with Crippen molar-refractivity contribution in [3.05, 3.63) is 105 Å². The summed E-state index contributed by atoms with van der Waals surface area (Å²) in [5.74, 6) is 0.0547. The van der Waals surface area contributed by atoms with Gasteiger partial charge in [0.1, 0.15) is 0 Å². The van der Waals surface area contributed by atoms with Gasteiger partial charge in [0.05, 0.1) is 20.6 Å². The van der Waals surface area contributed by atoms with Crippen molar-refractivity contribution >= 4 is 68.7 Å². The maximum absolute atomic E-state index is 13.9. The lowest BCUT2D eigenvalue weighted by molar-refractivity contribution is -0.124. The van der Waals surface area contributed by atoms with Crippen LogP contribution in [0.5, 0.6) is 0 Å². The van der Waals surface area contributed by atoms with Crippen LogP contribution in [0.15, 0.2) is 82.8 Å². The third kappa shape index (κ3) is 5.54. The molecule has 0 bridgehead atoms. The van der Waals surface area contributed by atoms with Gasteiger partial charge in [-0.25, -0.2) is 4.99 Å². The number of thioether (sulfide) groups is 1. The van der Waals surface area contributed by atoms with E-state index < -0.39 is 0 Å². The fourth-order valence-electron chi connectivity index (χ4n) is 5.45. The fraction of sp³-hybridized carbons (Fsp3) is 0.250. The van der Waals surface area contributed by atoms with Gasteiger partial charge >= 0.3 is 0 Å². The number of aliphatic imine (C=N–C) groups is 1. The number of carbonyl (C=O) groups excluding carboxylic acids is 1. The summed E-state index contributed by atoms with van der Waals surface area (Å²) in [7, 11) is 0. The molecule has 2 heterocycles. The molecule has 1 aliphatic carbocycles. The molecule has 0 spiro atoms. The van der Waals surface area contributed by atoms with E-state index in [1.165, 1.54) is 23.7 Å². The number of para-hydroxylation sites is 1. The Morgan fingerprint density at radius 3 is 2.51 bits per heavy atom. The van der Waals surface area contributed by atoms with E-state index in [9.17, 15) is 4.79 Å². The maximum Gasteiger partial charge on any atom is 0.267 e. The lowest BCUT2D eigenvalue weighted by atomic mass is 9.94. The summed E-state index contributed by atoms with van der Waals surface area (Å²) in [6, 6.07) is 22.4. The van der Waals surface area contributed by atoms with Gasteiger partial charge in [0.2, 0.25) is 0 Å². The Morgan fingerprint density at radius 1 is 0.974 bits per heavy atom. The van der Waals surface area contributed by atoms with Crippen molar-refractivity contribution in [2.24, 2.45) is 4.99 Å². The van der Waals surface area contributed by atoms with E-state index in [0.717, 1.165) is 58.6 Å². The van der Waals surface area contributed by atoms with Gasteiger partial charge in [-0.3, -0.25) is 9.69 Å². The molecule has 7 heteroatoms. The molecule has 1 saturated heterocycles. The highest BCUT2D eigenvalue weighted by molar-refractivity contribution is 8.18. The SMILES string of the molecule is Cc1ccc(N=C2S/C(=C/c3cn(Cc4ccc(Cl)c(Cl)c4)c4ccccc34)C(=O)N2C2CCCCC2)cc1. The largest absolute Gasteiger partial charge is 0.342 e. The van der Waals surface area contributed by atoms with E-state index in [0.29, 0.717) is 21.5 Å². The topological polar surface area (TPSA) is 37.6 Å². The molecule has 1 amide bonds. The van der Waals surface area contributed by atoms with Crippen molar-refractivity contribution in [1.82, 2.24) is 9.47 Å².